The van der Waals surface area contributed by atoms with Gasteiger partial charge in [0.05, 0.1) is 12.4 Å². The summed E-state index contributed by atoms with van der Waals surface area (Å²) < 4.78 is 47.7. The second-order valence-corrected chi connectivity index (χ2v) is 8.71. The number of ether oxygens (including phenoxy) is 1. The minimum absolute atomic E-state index is 0.0685. The van der Waals surface area contributed by atoms with E-state index in [1.807, 2.05) is 0 Å². The van der Waals surface area contributed by atoms with Gasteiger partial charge in [0.2, 0.25) is 5.91 Å². The van der Waals surface area contributed by atoms with Crippen molar-refractivity contribution in [1.29, 1.82) is 0 Å². The Balaban J connectivity index is 2.26. The molecule has 0 bridgehead atoms. The van der Waals surface area contributed by atoms with Gasteiger partial charge in [0, 0.05) is 20.0 Å². The molecule has 28 heavy (non-hydrogen) atoms. The Hall–Kier alpha value is -2.61. The van der Waals surface area contributed by atoms with Crippen molar-refractivity contribution in [3.05, 3.63) is 59.4 Å². The normalized spacial score (nSPS) is 11.4. The molecule has 0 aromatic heterocycles. The summed E-state index contributed by atoms with van der Waals surface area (Å²) in [4.78, 5) is 13.6. The van der Waals surface area contributed by atoms with E-state index in [-0.39, 0.29) is 29.8 Å². The first-order valence-electron chi connectivity index (χ1n) is 8.72. The summed E-state index contributed by atoms with van der Waals surface area (Å²) in [6, 6.07) is 10.8. The summed E-state index contributed by atoms with van der Waals surface area (Å²) in [7, 11) is -2.38. The number of methoxy groups -OCH3 is 1. The van der Waals surface area contributed by atoms with Crippen LogP contribution in [0.5, 0.6) is 11.5 Å². The molecular weight excluding hydrogens is 385 g/mol. The molecule has 8 heteroatoms. The van der Waals surface area contributed by atoms with E-state index in [2.05, 4.69) is 0 Å². The van der Waals surface area contributed by atoms with E-state index in [4.69, 9.17) is 8.92 Å². The van der Waals surface area contributed by atoms with Crippen molar-refractivity contribution in [1.82, 2.24) is 4.90 Å². The first kappa shape index (κ1) is 21.7. The molecule has 2 aromatic carbocycles. The van der Waals surface area contributed by atoms with E-state index >= 15 is 0 Å². The quantitative estimate of drug-likeness (QED) is 0.624. The molecule has 0 aliphatic carbocycles. The van der Waals surface area contributed by atoms with Gasteiger partial charge in [-0.2, -0.15) is 8.42 Å². The highest BCUT2D eigenvalue weighted by atomic mass is 32.2. The van der Waals surface area contributed by atoms with Crippen LogP contribution in [0.25, 0.3) is 0 Å². The Morgan fingerprint density at radius 3 is 2.14 bits per heavy atom. The zero-order valence-corrected chi connectivity index (χ0v) is 17.1. The first-order chi connectivity index (χ1) is 13.1. The molecule has 2 rings (SSSR count). The lowest BCUT2D eigenvalue weighted by Crippen LogP contribution is -2.27. The van der Waals surface area contributed by atoms with E-state index < -0.39 is 15.4 Å². The Morgan fingerprint density at radius 1 is 1.04 bits per heavy atom. The highest BCUT2D eigenvalue weighted by Gasteiger charge is 2.21. The van der Waals surface area contributed by atoms with Crippen molar-refractivity contribution in [2.75, 3.05) is 7.11 Å². The van der Waals surface area contributed by atoms with Crippen LogP contribution in [-0.4, -0.2) is 31.6 Å². The van der Waals surface area contributed by atoms with Crippen LogP contribution in [0.4, 0.5) is 4.39 Å². The third kappa shape index (κ3) is 5.69. The fraction of sp³-hybridized carbons (Fsp3) is 0.350. The van der Waals surface area contributed by atoms with Gasteiger partial charge in [0.1, 0.15) is 5.82 Å². The standard InChI is InChI=1S/C20H24FNO5S/c1-14(2)28(24,25)27-20-11-17(7-10-19(20)26-4)13-22(15(3)23)12-16-5-8-18(21)9-6-16/h5-11,14H,12-13H2,1-4H3. The van der Waals surface area contributed by atoms with Crippen molar-refractivity contribution in [3.63, 3.8) is 0 Å². The van der Waals surface area contributed by atoms with Gasteiger partial charge in [0.15, 0.2) is 11.5 Å². The van der Waals surface area contributed by atoms with Gasteiger partial charge >= 0.3 is 10.1 Å². The summed E-state index contributed by atoms with van der Waals surface area (Å²) in [6.45, 7) is 5.00. The maximum Gasteiger partial charge on any atom is 0.311 e. The molecule has 2 aromatic rings. The molecule has 0 radical (unpaired) electrons. The number of carbonyl (C=O) groups is 1. The van der Waals surface area contributed by atoms with E-state index in [1.165, 1.54) is 40.0 Å². The minimum atomic E-state index is -3.79. The molecule has 0 saturated heterocycles. The zero-order chi connectivity index (χ0) is 20.9. The van der Waals surface area contributed by atoms with Crippen molar-refractivity contribution in [2.45, 2.75) is 39.1 Å². The SMILES string of the molecule is COc1ccc(CN(Cc2ccc(F)cc2)C(C)=O)cc1OS(=O)(=O)C(C)C. The third-order valence-electron chi connectivity index (χ3n) is 4.12. The fourth-order valence-corrected chi connectivity index (χ4v) is 2.99. The van der Waals surface area contributed by atoms with Gasteiger partial charge in [-0.25, -0.2) is 4.39 Å². The Morgan fingerprint density at radius 2 is 1.61 bits per heavy atom. The number of carbonyl (C=O) groups excluding carboxylic acids is 1. The van der Waals surface area contributed by atoms with E-state index in [1.54, 1.807) is 35.2 Å². The topological polar surface area (TPSA) is 72.9 Å². The average molecular weight is 409 g/mol. The molecule has 0 spiro atoms. The highest BCUT2D eigenvalue weighted by molar-refractivity contribution is 7.87. The monoisotopic (exact) mass is 409 g/mol. The van der Waals surface area contributed by atoms with Crippen LogP contribution in [0.3, 0.4) is 0 Å². The Kier molecular flexibility index (Phi) is 7.01. The Labute approximate surface area is 165 Å². The van der Waals surface area contributed by atoms with Gasteiger partial charge < -0.3 is 13.8 Å². The lowest BCUT2D eigenvalue weighted by atomic mass is 10.1. The van der Waals surface area contributed by atoms with Crippen LogP contribution < -0.4 is 8.92 Å². The summed E-state index contributed by atoms with van der Waals surface area (Å²) in [5.41, 5.74) is 1.45. The largest absolute Gasteiger partial charge is 0.493 e. The minimum Gasteiger partial charge on any atom is -0.493 e. The van der Waals surface area contributed by atoms with Crippen LogP contribution in [0.15, 0.2) is 42.5 Å². The number of amides is 1. The van der Waals surface area contributed by atoms with Gasteiger partial charge in [-0.3, -0.25) is 4.79 Å². The molecule has 0 fully saturated rings. The van der Waals surface area contributed by atoms with E-state index in [0.29, 0.717) is 12.1 Å². The molecule has 0 heterocycles. The first-order valence-corrected chi connectivity index (χ1v) is 10.2. The average Bonchev–Trinajstić information content (AvgIpc) is 2.62. The van der Waals surface area contributed by atoms with Crippen molar-refractivity contribution in [2.24, 2.45) is 0 Å². The van der Waals surface area contributed by atoms with Gasteiger partial charge in [-0.05, 0) is 49.2 Å². The van der Waals surface area contributed by atoms with Crippen molar-refractivity contribution >= 4 is 16.0 Å². The molecule has 152 valence electrons. The lowest BCUT2D eigenvalue weighted by Gasteiger charge is -2.22. The van der Waals surface area contributed by atoms with Crippen LogP contribution >= 0.6 is 0 Å². The lowest BCUT2D eigenvalue weighted by molar-refractivity contribution is -0.130. The molecule has 0 aliphatic rings. The number of benzene rings is 2. The van der Waals surface area contributed by atoms with E-state index in [0.717, 1.165) is 5.56 Å². The molecule has 0 atom stereocenters. The third-order valence-corrected chi connectivity index (χ3v) is 5.68. The van der Waals surface area contributed by atoms with Crippen LogP contribution in [-0.2, 0) is 28.0 Å². The molecule has 1 amide bonds. The summed E-state index contributed by atoms with van der Waals surface area (Å²) in [5.74, 6) is -0.168. The number of nitrogens with zero attached hydrogens (tertiary/aromatic N) is 1. The highest BCUT2D eigenvalue weighted by Crippen LogP contribution is 2.30. The Bertz CT molecular complexity index is 926. The second-order valence-electron chi connectivity index (χ2n) is 6.61. The number of hydrogen-bond acceptors (Lipinski definition) is 5. The molecular formula is C20H24FNO5S. The second kappa shape index (κ2) is 9.05. The zero-order valence-electron chi connectivity index (χ0n) is 16.3. The summed E-state index contributed by atoms with van der Waals surface area (Å²) in [5, 5.41) is -0.715. The van der Waals surface area contributed by atoms with Crippen LogP contribution in [0.1, 0.15) is 31.9 Å². The van der Waals surface area contributed by atoms with Gasteiger partial charge in [-0.1, -0.05) is 18.2 Å². The maximum atomic E-state index is 13.1. The summed E-state index contributed by atoms with van der Waals surface area (Å²) in [6.07, 6.45) is 0. The van der Waals surface area contributed by atoms with Gasteiger partial charge in [-0.15, -0.1) is 0 Å². The fourth-order valence-electron chi connectivity index (χ4n) is 2.42. The molecule has 0 N–H and O–H groups in total. The molecule has 0 saturated carbocycles. The summed E-state index contributed by atoms with van der Waals surface area (Å²) >= 11 is 0. The van der Waals surface area contributed by atoms with Crippen LogP contribution in [0, 0.1) is 5.82 Å². The number of rotatable bonds is 8. The van der Waals surface area contributed by atoms with E-state index in [9.17, 15) is 17.6 Å². The predicted molar refractivity (Wildman–Crippen MR) is 104 cm³/mol. The number of halogens is 1. The van der Waals surface area contributed by atoms with Crippen LogP contribution in [0.2, 0.25) is 0 Å². The van der Waals surface area contributed by atoms with Crippen molar-refractivity contribution < 1.29 is 26.5 Å². The number of hydrogen-bond donors (Lipinski definition) is 0. The molecule has 6 nitrogen and oxygen atoms in total. The maximum absolute atomic E-state index is 13.1. The van der Waals surface area contributed by atoms with Gasteiger partial charge in [0.25, 0.3) is 0 Å². The predicted octanol–water partition coefficient (Wildman–Crippen LogP) is 3.50. The molecule has 0 aliphatic heterocycles. The molecule has 0 unspecified atom stereocenters. The smallest absolute Gasteiger partial charge is 0.311 e. The van der Waals surface area contributed by atoms with Crippen molar-refractivity contribution in [3.8, 4) is 11.5 Å².